The summed E-state index contributed by atoms with van der Waals surface area (Å²) in [6.07, 6.45) is 2.10. The van der Waals surface area contributed by atoms with Crippen molar-refractivity contribution < 1.29 is 4.74 Å². The van der Waals surface area contributed by atoms with Crippen LogP contribution in [-0.4, -0.2) is 28.5 Å². The van der Waals surface area contributed by atoms with Crippen LogP contribution < -0.4 is 10.1 Å². The zero-order chi connectivity index (χ0) is 14.8. The Balaban J connectivity index is 1.75. The van der Waals surface area contributed by atoms with Crippen LogP contribution in [0.15, 0.2) is 30.3 Å². The molecule has 2 atom stereocenters. The number of nitrogens with one attached hydrogen (secondary N) is 1. The maximum absolute atomic E-state index is 6.15. The summed E-state index contributed by atoms with van der Waals surface area (Å²) >= 11 is 0. The van der Waals surface area contributed by atoms with Crippen molar-refractivity contribution in [2.75, 3.05) is 6.54 Å². The highest BCUT2D eigenvalue weighted by Crippen LogP contribution is 2.30. The van der Waals surface area contributed by atoms with Crippen LogP contribution in [0.2, 0.25) is 0 Å². The molecule has 0 amide bonds. The highest BCUT2D eigenvalue weighted by molar-refractivity contribution is 5.37. The lowest BCUT2D eigenvalue weighted by molar-refractivity contribution is 0.177. The maximum Gasteiger partial charge on any atom is 0.123 e. The molecule has 1 N–H and O–H groups in total. The van der Waals surface area contributed by atoms with Gasteiger partial charge in [-0.15, -0.1) is 0 Å². The first-order chi connectivity index (χ1) is 10.2. The second kappa shape index (κ2) is 5.90. The van der Waals surface area contributed by atoms with Crippen molar-refractivity contribution in [1.29, 1.82) is 0 Å². The van der Waals surface area contributed by atoms with Crippen LogP contribution in [0.5, 0.6) is 5.75 Å². The van der Waals surface area contributed by atoms with Crippen LogP contribution in [0, 0.1) is 6.92 Å². The highest BCUT2D eigenvalue weighted by Gasteiger charge is 2.30. The number of para-hydroxylation sites is 1. The average Bonchev–Trinajstić information content (AvgIpc) is 3.01. The lowest BCUT2D eigenvalue weighted by Gasteiger charge is -2.24. The van der Waals surface area contributed by atoms with Gasteiger partial charge in [-0.2, -0.15) is 5.10 Å². The fourth-order valence-electron chi connectivity index (χ4n) is 3.11. The Morgan fingerprint density at radius 3 is 2.90 bits per heavy atom. The minimum atomic E-state index is 0.192. The SMILES string of the molecule is CCNC(Cc1cc(C)nn1C)C1Cc2ccccc2O1. The van der Waals surface area contributed by atoms with Gasteiger partial charge in [-0.1, -0.05) is 25.1 Å². The maximum atomic E-state index is 6.15. The molecule has 0 radical (unpaired) electrons. The van der Waals surface area contributed by atoms with Crippen LogP contribution >= 0.6 is 0 Å². The molecule has 1 aromatic heterocycles. The van der Waals surface area contributed by atoms with Gasteiger partial charge in [0, 0.05) is 31.6 Å². The van der Waals surface area contributed by atoms with Gasteiger partial charge in [0.1, 0.15) is 11.9 Å². The second-order valence-electron chi connectivity index (χ2n) is 5.74. The molecule has 21 heavy (non-hydrogen) atoms. The first-order valence-corrected chi connectivity index (χ1v) is 7.65. The van der Waals surface area contributed by atoms with Gasteiger partial charge in [0.2, 0.25) is 0 Å². The zero-order valence-electron chi connectivity index (χ0n) is 13.0. The molecule has 2 aromatic rings. The molecule has 0 spiro atoms. The van der Waals surface area contributed by atoms with E-state index in [2.05, 4.69) is 41.6 Å². The van der Waals surface area contributed by atoms with Gasteiger partial charge in [-0.05, 0) is 31.2 Å². The molecule has 1 aliphatic heterocycles. The Morgan fingerprint density at radius 1 is 1.43 bits per heavy atom. The summed E-state index contributed by atoms with van der Waals surface area (Å²) in [6.45, 7) is 5.12. The third-order valence-corrected chi connectivity index (χ3v) is 4.12. The summed E-state index contributed by atoms with van der Waals surface area (Å²) in [4.78, 5) is 0. The molecule has 0 saturated heterocycles. The van der Waals surface area contributed by atoms with Crippen LogP contribution in [0.25, 0.3) is 0 Å². The van der Waals surface area contributed by atoms with E-state index in [1.165, 1.54) is 11.3 Å². The van der Waals surface area contributed by atoms with Crippen molar-refractivity contribution >= 4 is 0 Å². The Bertz CT molecular complexity index is 595. The van der Waals surface area contributed by atoms with E-state index < -0.39 is 0 Å². The molecular weight excluding hydrogens is 262 g/mol. The molecular formula is C17H23N3O. The number of hydrogen-bond acceptors (Lipinski definition) is 3. The third-order valence-electron chi connectivity index (χ3n) is 4.12. The molecule has 0 saturated carbocycles. The van der Waals surface area contributed by atoms with E-state index >= 15 is 0 Å². The predicted molar refractivity (Wildman–Crippen MR) is 83.7 cm³/mol. The minimum absolute atomic E-state index is 0.192. The lowest BCUT2D eigenvalue weighted by Crippen LogP contribution is -2.44. The van der Waals surface area contributed by atoms with Crippen molar-refractivity contribution in [1.82, 2.24) is 15.1 Å². The standard InChI is InChI=1S/C17H23N3O/c1-4-18-15(11-14-9-12(2)19-20(14)3)17-10-13-7-5-6-8-16(13)21-17/h5-9,15,17-18H,4,10-11H2,1-3H3. The van der Waals surface area contributed by atoms with E-state index in [4.69, 9.17) is 4.74 Å². The van der Waals surface area contributed by atoms with Gasteiger partial charge >= 0.3 is 0 Å². The number of rotatable bonds is 5. The Morgan fingerprint density at radius 2 is 2.24 bits per heavy atom. The fourth-order valence-corrected chi connectivity index (χ4v) is 3.11. The van der Waals surface area contributed by atoms with E-state index in [-0.39, 0.29) is 6.10 Å². The number of hydrogen-bond donors (Lipinski definition) is 1. The molecule has 2 unspecified atom stereocenters. The number of ether oxygens (including phenoxy) is 1. The molecule has 112 valence electrons. The molecule has 0 bridgehead atoms. The van der Waals surface area contributed by atoms with Crippen LogP contribution in [0.1, 0.15) is 23.9 Å². The monoisotopic (exact) mass is 285 g/mol. The summed E-state index contributed by atoms with van der Waals surface area (Å²) in [7, 11) is 2.01. The minimum Gasteiger partial charge on any atom is -0.488 e. The molecule has 1 aliphatic rings. The van der Waals surface area contributed by atoms with Crippen molar-refractivity contribution in [3.05, 3.63) is 47.3 Å². The predicted octanol–water partition coefficient (Wildman–Crippen LogP) is 2.25. The summed E-state index contributed by atoms with van der Waals surface area (Å²) in [5.41, 5.74) is 3.63. The van der Waals surface area contributed by atoms with Crippen molar-refractivity contribution in [3.8, 4) is 5.75 Å². The first kappa shape index (κ1) is 14.1. The number of fused-ring (bicyclic) bond motifs is 1. The van der Waals surface area contributed by atoms with Gasteiger partial charge < -0.3 is 10.1 Å². The number of benzene rings is 1. The topological polar surface area (TPSA) is 39.1 Å². The van der Waals surface area contributed by atoms with E-state index in [0.717, 1.165) is 30.8 Å². The second-order valence-corrected chi connectivity index (χ2v) is 5.74. The van der Waals surface area contributed by atoms with E-state index in [1.807, 2.05) is 24.7 Å². The summed E-state index contributed by atoms with van der Waals surface area (Å²) < 4.78 is 8.12. The smallest absolute Gasteiger partial charge is 0.123 e. The van der Waals surface area contributed by atoms with E-state index in [9.17, 15) is 0 Å². The van der Waals surface area contributed by atoms with Crippen molar-refractivity contribution in [3.63, 3.8) is 0 Å². The number of likely N-dealkylation sites (N-methyl/N-ethyl adjacent to an activating group) is 1. The zero-order valence-corrected chi connectivity index (χ0v) is 13.0. The Kier molecular flexibility index (Phi) is 3.97. The van der Waals surface area contributed by atoms with Crippen molar-refractivity contribution in [2.24, 2.45) is 7.05 Å². The van der Waals surface area contributed by atoms with Gasteiger partial charge in [0.15, 0.2) is 0 Å². The van der Waals surface area contributed by atoms with Crippen LogP contribution in [-0.2, 0) is 19.9 Å². The molecule has 0 aliphatic carbocycles. The van der Waals surface area contributed by atoms with Crippen LogP contribution in [0.4, 0.5) is 0 Å². The normalized spacial score (nSPS) is 18.3. The average molecular weight is 285 g/mol. The van der Waals surface area contributed by atoms with Crippen molar-refractivity contribution in [2.45, 2.75) is 38.8 Å². The number of aryl methyl sites for hydroxylation is 2. The largest absolute Gasteiger partial charge is 0.488 e. The Labute approximate surface area is 126 Å². The molecule has 2 heterocycles. The summed E-state index contributed by atoms with van der Waals surface area (Å²) in [5.74, 6) is 1.03. The lowest BCUT2D eigenvalue weighted by atomic mass is 10.00. The van der Waals surface area contributed by atoms with Gasteiger partial charge in [0.25, 0.3) is 0 Å². The molecule has 1 aromatic carbocycles. The van der Waals surface area contributed by atoms with Crippen LogP contribution in [0.3, 0.4) is 0 Å². The quantitative estimate of drug-likeness (QED) is 0.916. The summed E-state index contributed by atoms with van der Waals surface area (Å²) in [6, 6.07) is 10.8. The molecule has 0 fully saturated rings. The summed E-state index contributed by atoms with van der Waals surface area (Å²) in [5, 5.41) is 8.02. The van der Waals surface area contributed by atoms with Gasteiger partial charge in [-0.3, -0.25) is 4.68 Å². The third kappa shape index (κ3) is 2.95. The number of nitrogens with zero attached hydrogens (tertiary/aromatic N) is 2. The van der Waals surface area contributed by atoms with E-state index in [0.29, 0.717) is 6.04 Å². The molecule has 3 rings (SSSR count). The fraction of sp³-hybridized carbons (Fsp3) is 0.471. The molecule has 4 nitrogen and oxygen atoms in total. The molecule has 4 heteroatoms. The number of aromatic nitrogens is 2. The van der Waals surface area contributed by atoms with Gasteiger partial charge in [-0.25, -0.2) is 0 Å². The highest BCUT2D eigenvalue weighted by atomic mass is 16.5. The van der Waals surface area contributed by atoms with Gasteiger partial charge in [0.05, 0.1) is 5.69 Å². The Hall–Kier alpha value is -1.81. The first-order valence-electron chi connectivity index (χ1n) is 7.65. The van der Waals surface area contributed by atoms with E-state index in [1.54, 1.807) is 0 Å².